The molecule has 0 fully saturated rings. The van der Waals surface area contributed by atoms with Crippen molar-refractivity contribution in [2.24, 2.45) is 0 Å². The highest BCUT2D eigenvalue weighted by atomic mass is 16.5. The fourth-order valence-corrected chi connectivity index (χ4v) is 2.00. The molecule has 1 aliphatic rings. The molecule has 1 aromatic rings. The molecule has 0 unspecified atom stereocenters. The molecule has 1 aliphatic heterocycles. The fourth-order valence-electron chi connectivity index (χ4n) is 2.00. The summed E-state index contributed by atoms with van der Waals surface area (Å²) in [5, 5.41) is 9.01. The molecule has 1 amide bonds. The quantitative estimate of drug-likeness (QED) is 0.884. The molecule has 1 N–H and O–H groups in total. The van der Waals surface area contributed by atoms with Gasteiger partial charge in [0.1, 0.15) is 5.75 Å². The molecule has 0 bridgehead atoms. The first-order chi connectivity index (χ1) is 8.54. The number of aliphatic carboxylic acids is 1. The van der Waals surface area contributed by atoms with E-state index in [1.54, 1.807) is 31.2 Å². The van der Waals surface area contributed by atoms with Crippen molar-refractivity contribution >= 4 is 17.6 Å². The number of ether oxygens (including phenoxy) is 1. The molecule has 0 radical (unpaired) electrons. The molecular formula is C13H13NO4. The molecule has 0 saturated heterocycles. The molecule has 0 atom stereocenters. The van der Waals surface area contributed by atoms with Crippen molar-refractivity contribution in [3.05, 3.63) is 35.5 Å². The highest BCUT2D eigenvalue weighted by Gasteiger charge is 2.32. The summed E-state index contributed by atoms with van der Waals surface area (Å²) in [7, 11) is 1.54. The summed E-state index contributed by atoms with van der Waals surface area (Å²) in [6.07, 6.45) is -0.0711. The van der Waals surface area contributed by atoms with Gasteiger partial charge in [-0.05, 0) is 19.1 Å². The largest absolute Gasteiger partial charge is 0.497 e. The minimum atomic E-state index is -1.05. The van der Waals surface area contributed by atoms with Crippen LogP contribution in [0.2, 0.25) is 0 Å². The van der Waals surface area contributed by atoms with Gasteiger partial charge in [-0.25, -0.2) is 4.79 Å². The third kappa shape index (κ3) is 1.95. The summed E-state index contributed by atoms with van der Waals surface area (Å²) in [5.74, 6) is -0.665. The zero-order valence-corrected chi connectivity index (χ0v) is 10.1. The smallest absolute Gasteiger partial charge is 0.333 e. The maximum absolute atomic E-state index is 11.9. The minimum absolute atomic E-state index is 0.0711. The average molecular weight is 247 g/mol. The number of anilines is 1. The summed E-state index contributed by atoms with van der Waals surface area (Å²) >= 11 is 0. The van der Waals surface area contributed by atoms with Gasteiger partial charge in [-0.15, -0.1) is 0 Å². The van der Waals surface area contributed by atoms with Gasteiger partial charge in [0.25, 0.3) is 0 Å². The number of nitrogens with zero attached hydrogens (tertiary/aromatic N) is 1. The Morgan fingerprint density at radius 3 is 2.72 bits per heavy atom. The van der Waals surface area contributed by atoms with Crippen LogP contribution in [-0.4, -0.2) is 24.1 Å². The van der Waals surface area contributed by atoms with Crippen LogP contribution in [0.3, 0.4) is 0 Å². The molecule has 5 heteroatoms. The molecule has 0 spiro atoms. The van der Waals surface area contributed by atoms with Crippen LogP contribution in [-0.2, 0) is 9.59 Å². The first-order valence-corrected chi connectivity index (χ1v) is 5.44. The Morgan fingerprint density at radius 2 is 2.17 bits per heavy atom. The number of allylic oxidation sites excluding steroid dienone is 1. The van der Waals surface area contributed by atoms with E-state index >= 15 is 0 Å². The van der Waals surface area contributed by atoms with Crippen LogP contribution in [0.25, 0.3) is 0 Å². The molecule has 5 nitrogen and oxygen atoms in total. The predicted octanol–water partition coefficient (Wildman–Crippen LogP) is 1.79. The third-order valence-corrected chi connectivity index (χ3v) is 2.92. The van der Waals surface area contributed by atoms with Gasteiger partial charge in [0.2, 0.25) is 5.91 Å². The summed E-state index contributed by atoms with van der Waals surface area (Å²) in [4.78, 5) is 24.3. The molecule has 1 aromatic carbocycles. The van der Waals surface area contributed by atoms with Crippen LogP contribution >= 0.6 is 0 Å². The van der Waals surface area contributed by atoms with Gasteiger partial charge in [0, 0.05) is 11.8 Å². The number of amides is 1. The van der Waals surface area contributed by atoms with Crippen molar-refractivity contribution < 1.29 is 19.4 Å². The summed E-state index contributed by atoms with van der Waals surface area (Å²) in [6, 6.07) is 6.97. The second-order valence-corrected chi connectivity index (χ2v) is 3.98. The molecule has 1 heterocycles. The Bertz CT molecular complexity index is 548. The lowest BCUT2D eigenvalue weighted by Crippen LogP contribution is -2.23. The number of methoxy groups -OCH3 is 1. The normalized spacial score (nSPS) is 15.2. The molecular weight excluding hydrogens is 234 g/mol. The van der Waals surface area contributed by atoms with Gasteiger partial charge >= 0.3 is 5.97 Å². The molecule has 0 aromatic heterocycles. The second kappa shape index (κ2) is 4.52. The lowest BCUT2D eigenvalue weighted by molar-refractivity contribution is -0.133. The standard InChI is InChI=1S/C13H13NO4/c1-8-11(13(16)17)7-12(15)14(8)9-4-3-5-10(6-9)18-2/h3-6H,7H2,1-2H3,(H,16,17). The van der Waals surface area contributed by atoms with Crippen LogP contribution in [0.15, 0.2) is 35.5 Å². The minimum Gasteiger partial charge on any atom is -0.497 e. The Hall–Kier alpha value is -2.30. The average Bonchev–Trinajstić information content (AvgIpc) is 2.65. The summed E-state index contributed by atoms with van der Waals surface area (Å²) in [5.41, 5.74) is 1.22. The van der Waals surface area contributed by atoms with Gasteiger partial charge in [-0.1, -0.05) is 6.07 Å². The monoisotopic (exact) mass is 247 g/mol. The summed E-state index contributed by atoms with van der Waals surface area (Å²) < 4.78 is 5.09. The fraction of sp³-hybridized carbons (Fsp3) is 0.231. The van der Waals surface area contributed by atoms with E-state index < -0.39 is 5.97 Å². The number of carboxylic acids is 1. The SMILES string of the molecule is COc1cccc(N2C(=O)CC(C(=O)O)=C2C)c1. The first kappa shape index (κ1) is 12.2. The van der Waals surface area contributed by atoms with Gasteiger partial charge in [-0.3, -0.25) is 9.69 Å². The van der Waals surface area contributed by atoms with Crippen molar-refractivity contribution in [3.63, 3.8) is 0 Å². The molecule has 2 rings (SSSR count). The van der Waals surface area contributed by atoms with E-state index in [-0.39, 0.29) is 17.9 Å². The zero-order valence-electron chi connectivity index (χ0n) is 10.1. The molecule has 0 saturated carbocycles. The Morgan fingerprint density at radius 1 is 1.44 bits per heavy atom. The Kier molecular flexibility index (Phi) is 3.06. The molecule has 18 heavy (non-hydrogen) atoms. The zero-order chi connectivity index (χ0) is 13.3. The van der Waals surface area contributed by atoms with Crippen LogP contribution in [0.5, 0.6) is 5.75 Å². The Labute approximate surface area is 104 Å². The number of hydrogen-bond acceptors (Lipinski definition) is 3. The highest BCUT2D eigenvalue weighted by molar-refractivity contribution is 6.08. The van der Waals surface area contributed by atoms with E-state index in [1.165, 1.54) is 12.0 Å². The second-order valence-electron chi connectivity index (χ2n) is 3.98. The van der Waals surface area contributed by atoms with Crippen molar-refractivity contribution in [2.75, 3.05) is 12.0 Å². The van der Waals surface area contributed by atoms with E-state index in [0.717, 1.165) is 0 Å². The topological polar surface area (TPSA) is 66.8 Å². The van der Waals surface area contributed by atoms with Crippen LogP contribution in [0.4, 0.5) is 5.69 Å². The number of carboxylic acid groups (broad SMARTS) is 1. The van der Waals surface area contributed by atoms with E-state index in [2.05, 4.69) is 0 Å². The van der Waals surface area contributed by atoms with E-state index in [0.29, 0.717) is 17.1 Å². The van der Waals surface area contributed by atoms with Crippen LogP contribution < -0.4 is 9.64 Å². The van der Waals surface area contributed by atoms with E-state index in [9.17, 15) is 9.59 Å². The van der Waals surface area contributed by atoms with Crippen molar-refractivity contribution in [1.82, 2.24) is 0 Å². The lowest BCUT2D eigenvalue weighted by Gasteiger charge is -2.18. The number of benzene rings is 1. The number of carbonyl (C=O) groups excluding carboxylic acids is 1. The van der Waals surface area contributed by atoms with Crippen molar-refractivity contribution in [1.29, 1.82) is 0 Å². The Balaban J connectivity index is 2.44. The number of carbonyl (C=O) groups is 2. The third-order valence-electron chi connectivity index (χ3n) is 2.92. The van der Waals surface area contributed by atoms with Crippen LogP contribution in [0, 0.1) is 0 Å². The van der Waals surface area contributed by atoms with Gasteiger partial charge < -0.3 is 9.84 Å². The molecule has 94 valence electrons. The van der Waals surface area contributed by atoms with E-state index in [1.807, 2.05) is 0 Å². The lowest BCUT2D eigenvalue weighted by atomic mass is 10.2. The van der Waals surface area contributed by atoms with Gasteiger partial charge in [0.15, 0.2) is 0 Å². The maximum Gasteiger partial charge on any atom is 0.333 e. The van der Waals surface area contributed by atoms with Crippen LogP contribution in [0.1, 0.15) is 13.3 Å². The maximum atomic E-state index is 11.9. The van der Waals surface area contributed by atoms with Gasteiger partial charge in [-0.2, -0.15) is 0 Å². The predicted molar refractivity (Wildman–Crippen MR) is 65.4 cm³/mol. The molecule has 0 aliphatic carbocycles. The van der Waals surface area contributed by atoms with Crippen molar-refractivity contribution in [3.8, 4) is 5.75 Å². The highest BCUT2D eigenvalue weighted by Crippen LogP contribution is 2.31. The van der Waals surface area contributed by atoms with Crippen molar-refractivity contribution in [2.45, 2.75) is 13.3 Å². The number of rotatable bonds is 3. The van der Waals surface area contributed by atoms with E-state index in [4.69, 9.17) is 9.84 Å². The van der Waals surface area contributed by atoms with Gasteiger partial charge in [0.05, 0.1) is 24.8 Å². The first-order valence-electron chi connectivity index (χ1n) is 5.44. The summed E-state index contributed by atoms with van der Waals surface area (Å²) in [6.45, 7) is 1.63. The number of hydrogen-bond donors (Lipinski definition) is 1.